The number of carbonyl (C=O) groups is 1. The van der Waals surface area contributed by atoms with Crippen molar-refractivity contribution in [1.29, 1.82) is 0 Å². The van der Waals surface area contributed by atoms with Gasteiger partial charge in [-0.1, -0.05) is 19.1 Å². The van der Waals surface area contributed by atoms with E-state index in [4.69, 9.17) is 4.74 Å². The molecule has 1 N–H and O–H groups in total. The van der Waals surface area contributed by atoms with Crippen molar-refractivity contribution >= 4 is 23.8 Å². The van der Waals surface area contributed by atoms with E-state index in [0.717, 1.165) is 41.1 Å². The quantitative estimate of drug-likeness (QED) is 0.633. The molecule has 0 spiro atoms. The average molecular weight is 364 g/mol. The molecule has 1 aromatic heterocycles. The highest BCUT2D eigenvalue weighted by Gasteiger charge is 2.53. The first-order valence-electron chi connectivity index (χ1n) is 10.3. The highest BCUT2D eigenvalue weighted by molar-refractivity contribution is 5.89. The van der Waals surface area contributed by atoms with E-state index < -0.39 is 0 Å². The van der Waals surface area contributed by atoms with Crippen LogP contribution in [0.1, 0.15) is 55.8 Å². The minimum absolute atomic E-state index is 0.334. The maximum absolute atomic E-state index is 11.6. The molecule has 4 fully saturated rings. The van der Waals surface area contributed by atoms with Crippen molar-refractivity contribution in [3.63, 3.8) is 0 Å². The van der Waals surface area contributed by atoms with Crippen LogP contribution in [0.5, 0.6) is 0 Å². The summed E-state index contributed by atoms with van der Waals surface area (Å²) in [5.41, 5.74) is 5.02. The number of fused-ring (bicyclic) bond motifs is 1. The molecule has 27 heavy (non-hydrogen) atoms. The Hall–Kier alpha value is -2.10. The number of pyridine rings is 1. The zero-order valence-electron chi connectivity index (χ0n) is 16.2. The number of methoxy groups -OCH3 is 1. The van der Waals surface area contributed by atoms with Crippen LogP contribution in [0.4, 0.5) is 5.69 Å². The maximum Gasteiger partial charge on any atom is 0.330 e. The van der Waals surface area contributed by atoms with Gasteiger partial charge in [0.1, 0.15) is 0 Å². The van der Waals surface area contributed by atoms with E-state index in [-0.39, 0.29) is 5.97 Å². The van der Waals surface area contributed by atoms with Gasteiger partial charge in [-0.15, -0.1) is 0 Å². The monoisotopic (exact) mass is 364 g/mol. The molecule has 2 atom stereocenters. The summed E-state index contributed by atoms with van der Waals surface area (Å²) in [5.74, 6) is 2.15. The Labute approximate surface area is 161 Å². The number of esters is 1. The standard InChI is InChI=1S/C23H28N2O2/c1-23-10-14-8-16(11-23)21(17(9-14)12-23)25-22-15(6-7-20(26)27-2)13-24-19-5-3-4-18(19)22/h3-4,6-7,13-14,16-17,21H,5,8-12H2,1-2H3,(H,24,25)/b7-6+. The molecule has 5 aliphatic rings. The molecule has 4 saturated carbocycles. The Bertz CT molecular complexity index is 825. The fourth-order valence-corrected chi connectivity index (χ4v) is 6.56. The molecule has 1 heterocycles. The molecule has 4 heteroatoms. The summed E-state index contributed by atoms with van der Waals surface area (Å²) in [6.07, 6.45) is 17.4. The molecule has 5 aliphatic carbocycles. The van der Waals surface area contributed by atoms with Crippen LogP contribution in [0.15, 0.2) is 18.3 Å². The first-order chi connectivity index (χ1) is 13.0. The van der Waals surface area contributed by atoms with Gasteiger partial charge in [0.25, 0.3) is 0 Å². The number of ether oxygens (including phenoxy) is 1. The summed E-state index contributed by atoms with van der Waals surface area (Å²) in [5, 5.41) is 3.96. The summed E-state index contributed by atoms with van der Waals surface area (Å²) in [7, 11) is 1.41. The molecule has 0 saturated heterocycles. The predicted molar refractivity (Wildman–Crippen MR) is 107 cm³/mol. The van der Waals surface area contributed by atoms with Gasteiger partial charge in [0.15, 0.2) is 0 Å². The second-order valence-corrected chi connectivity index (χ2v) is 9.36. The molecule has 0 aliphatic heterocycles. The predicted octanol–water partition coefficient (Wildman–Crippen LogP) is 4.46. The second kappa shape index (κ2) is 6.22. The van der Waals surface area contributed by atoms with Crippen LogP contribution in [0.3, 0.4) is 0 Å². The number of carbonyl (C=O) groups excluding carboxylic acids is 1. The Morgan fingerprint density at radius 3 is 2.78 bits per heavy atom. The van der Waals surface area contributed by atoms with Crippen molar-refractivity contribution in [3.05, 3.63) is 35.2 Å². The molecule has 6 rings (SSSR count). The van der Waals surface area contributed by atoms with Crippen LogP contribution in [0.25, 0.3) is 12.2 Å². The summed E-state index contributed by atoms with van der Waals surface area (Å²) < 4.78 is 4.76. The van der Waals surface area contributed by atoms with E-state index in [1.54, 1.807) is 0 Å². The lowest BCUT2D eigenvalue weighted by Crippen LogP contribution is -2.55. The van der Waals surface area contributed by atoms with Crippen molar-refractivity contribution < 1.29 is 9.53 Å². The Morgan fingerprint density at radius 1 is 1.30 bits per heavy atom. The molecule has 1 aromatic rings. The largest absolute Gasteiger partial charge is 0.466 e. The molecular formula is C23H28N2O2. The second-order valence-electron chi connectivity index (χ2n) is 9.36. The zero-order chi connectivity index (χ0) is 18.6. The van der Waals surface area contributed by atoms with E-state index in [1.165, 1.54) is 50.9 Å². The highest BCUT2D eigenvalue weighted by atomic mass is 16.5. The van der Waals surface area contributed by atoms with E-state index >= 15 is 0 Å². The average Bonchev–Trinajstić information content (AvgIpc) is 3.10. The van der Waals surface area contributed by atoms with Crippen molar-refractivity contribution in [2.45, 2.75) is 51.5 Å². The minimum Gasteiger partial charge on any atom is -0.466 e. The van der Waals surface area contributed by atoms with Gasteiger partial charge < -0.3 is 10.1 Å². The molecule has 0 radical (unpaired) electrons. The van der Waals surface area contributed by atoms with Crippen molar-refractivity contribution in [1.82, 2.24) is 4.98 Å². The van der Waals surface area contributed by atoms with Crippen molar-refractivity contribution in [2.75, 3.05) is 12.4 Å². The topological polar surface area (TPSA) is 51.2 Å². The summed E-state index contributed by atoms with van der Waals surface area (Å²) in [4.78, 5) is 16.2. The highest BCUT2D eigenvalue weighted by Crippen LogP contribution is 2.60. The van der Waals surface area contributed by atoms with Crippen molar-refractivity contribution in [3.8, 4) is 0 Å². The van der Waals surface area contributed by atoms with E-state index in [2.05, 4.69) is 29.4 Å². The number of hydrogen-bond donors (Lipinski definition) is 1. The van der Waals surface area contributed by atoms with Crippen LogP contribution in [-0.4, -0.2) is 24.1 Å². The maximum atomic E-state index is 11.6. The normalized spacial score (nSPS) is 35.6. The molecule has 4 nitrogen and oxygen atoms in total. The lowest BCUT2D eigenvalue weighted by molar-refractivity contribution is -0.134. The lowest BCUT2D eigenvalue weighted by atomic mass is 9.48. The van der Waals surface area contributed by atoms with Gasteiger partial charge in [0, 0.05) is 35.9 Å². The smallest absolute Gasteiger partial charge is 0.330 e. The number of nitrogens with zero attached hydrogens (tertiary/aromatic N) is 1. The van der Waals surface area contributed by atoms with Crippen LogP contribution >= 0.6 is 0 Å². The molecule has 142 valence electrons. The fraction of sp³-hybridized carbons (Fsp3) is 0.565. The number of allylic oxidation sites excluding steroid dienone is 1. The van der Waals surface area contributed by atoms with E-state index in [9.17, 15) is 4.79 Å². The van der Waals surface area contributed by atoms with Gasteiger partial charge in [0.05, 0.1) is 18.5 Å². The molecule has 0 amide bonds. The summed E-state index contributed by atoms with van der Waals surface area (Å²) in [6, 6.07) is 0.542. The Kier molecular flexibility index (Phi) is 3.92. The minimum atomic E-state index is -0.334. The lowest BCUT2D eigenvalue weighted by Gasteiger charge is -2.59. The van der Waals surface area contributed by atoms with Crippen molar-refractivity contribution in [2.24, 2.45) is 23.2 Å². The number of anilines is 1. The molecule has 2 unspecified atom stereocenters. The Balaban J connectivity index is 1.48. The summed E-state index contributed by atoms with van der Waals surface area (Å²) >= 11 is 0. The number of aromatic nitrogens is 1. The van der Waals surface area contributed by atoms with Gasteiger partial charge in [-0.05, 0) is 61.3 Å². The van der Waals surface area contributed by atoms with Gasteiger partial charge in [-0.25, -0.2) is 4.79 Å². The van der Waals surface area contributed by atoms with Gasteiger partial charge in [0.2, 0.25) is 0 Å². The number of nitrogens with one attached hydrogen (secondary N) is 1. The number of rotatable bonds is 4. The SMILES string of the molecule is COC(=O)/C=C/c1cnc2c(c1NC1C3CC4CC1CC(C)(C4)C3)C=CC2. The van der Waals surface area contributed by atoms with E-state index in [1.807, 2.05) is 12.3 Å². The first-order valence-corrected chi connectivity index (χ1v) is 10.3. The van der Waals surface area contributed by atoms with E-state index in [0.29, 0.717) is 11.5 Å². The van der Waals surface area contributed by atoms with Gasteiger partial charge >= 0.3 is 5.97 Å². The number of hydrogen-bond acceptors (Lipinski definition) is 4. The summed E-state index contributed by atoms with van der Waals surface area (Å²) in [6.45, 7) is 2.51. The molecular weight excluding hydrogens is 336 g/mol. The van der Waals surface area contributed by atoms with Gasteiger partial charge in [-0.2, -0.15) is 0 Å². The fourth-order valence-electron chi connectivity index (χ4n) is 6.56. The first kappa shape index (κ1) is 17.0. The zero-order valence-corrected chi connectivity index (χ0v) is 16.2. The van der Waals surface area contributed by atoms with Crippen LogP contribution in [0.2, 0.25) is 0 Å². The van der Waals surface area contributed by atoms with Crippen LogP contribution < -0.4 is 5.32 Å². The Morgan fingerprint density at radius 2 is 2.07 bits per heavy atom. The molecule has 0 aromatic carbocycles. The third-order valence-corrected chi connectivity index (χ3v) is 7.31. The van der Waals surface area contributed by atoms with Crippen LogP contribution in [-0.2, 0) is 16.0 Å². The van der Waals surface area contributed by atoms with Crippen LogP contribution in [0, 0.1) is 23.2 Å². The third-order valence-electron chi connectivity index (χ3n) is 7.31. The molecule has 4 bridgehead atoms. The third kappa shape index (κ3) is 2.90. The van der Waals surface area contributed by atoms with Gasteiger partial charge in [-0.3, -0.25) is 4.98 Å².